The lowest BCUT2D eigenvalue weighted by Crippen LogP contribution is -2.29. The minimum atomic E-state index is -1.57. The van der Waals surface area contributed by atoms with Gasteiger partial charge in [0.15, 0.2) is 0 Å². The smallest absolute Gasteiger partial charge is 0.488 e. The van der Waals surface area contributed by atoms with Crippen molar-refractivity contribution < 1.29 is 33.8 Å². The molecule has 0 aliphatic heterocycles. The van der Waals surface area contributed by atoms with Crippen molar-refractivity contribution in [3.05, 3.63) is 66.7 Å². The monoisotopic (exact) mass is 412 g/mol. The van der Waals surface area contributed by atoms with Crippen LogP contribution in [0.25, 0.3) is 0 Å². The second-order valence-electron chi connectivity index (χ2n) is 6.49. The number of unbranched alkanes of at least 4 members (excludes halogenated alkanes) is 3. The maximum Gasteiger partial charge on any atom is 0.488 e. The lowest BCUT2D eigenvalue weighted by atomic mass is 9.80. The van der Waals surface area contributed by atoms with E-state index in [1.807, 2.05) is 0 Å². The largest absolute Gasteiger partial charge is 0.494 e. The van der Waals surface area contributed by atoms with E-state index in [1.165, 1.54) is 24.3 Å². The zero-order valence-corrected chi connectivity index (χ0v) is 16.7. The number of rotatable bonds is 12. The van der Waals surface area contributed by atoms with Gasteiger partial charge in [-0.2, -0.15) is 0 Å². The fraction of sp³-hybridized carbons (Fsp3) is 0.273. The molecule has 0 saturated carbocycles. The van der Waals surface area contributed by atoms with Crippen molar-refractivity contribution in [3.8, 4) is 11.5 Å². The Balaban J connectivity index is 1.67. The van der Waals surface area contributed by atoms with Crippen molar-refractivity contribution in [1.29, 1.82) is 0 Å². The summed E-state index contributed by atoms with van der Waals surface area (Å²) in [6.07, 6.45) is 4.73. The SMILES string of the molecule is C=CC(=O)OCCCCCCOc1ccc(C(=O)Oc2ccc(B(O)O)cc2)cc1. The molecule has 0 radical (unpaired) electrons. The predicted molar refractivity (Wildman–Crippen MR) is 113 cm³/mol. The third kappa shape index (κ3) is 8.10. The van der Waals surface area contributed by atoms with Crippen molar-refractivity contribution in [1.82, 2.24) is 0 Å². The van der Waals surface area contributed by atoms with E-state index in [4.69, 9.17) is 24.3 Å². The molecule has 0 heterocycles. The highest BCUT2D eigenvalue weighted by atomic mass is 16.5. The molecule has 7 nitrogen and oxygen atoms in total. The van der Waals surface area contributed by atoms with Crippen LogP contribution in [-0.4, -0.2) is 42.3 Å². The average molecular weight is 412 g/mol. The standard InChI is InChI=1S/C22H25BO7/c1-2-21(24)29-16-6-4-3-5-15-28-19-11-7-17(8-12-19)22(25)30-20-13-9-18(10-14-20)23(26)27/h2,7-14,26-27H,1,3-6,15-16H2. The number of ether oxygens (including phenoxy) is 3. The van der Waals surface area contributed by atoms with Crippen LogP contribution in [0.1, 0.15) is 36.0 Å². The molecule has 2 rings (SSSR count). The van der Waals surface area contributed by atoms with Crippen LogP contribution in [0.3, 0.4) is 0 Å². The van der Waals surface area contributed by atoms with Crippen LogP contribution in [0.15, 0.2) is 61.2 Å². The van der Waals surface area contributed by atoms with Crippen LogP contribution in [0.4, 0.5) is 0 Å². The molecule has 0 aromatic heterocycles. The molecule has 2 aromatic carbocycles. The molecule has 2 N–H and O–H groups in total. The van der Waals surface area contributed by atoms with Crippen molar-refractivity contribution in [3.63, 3.8) is 0 Å². The second-order valence-corrected chi connectivity index (χ2v) is 6.49. The summed E-state index contributed by atoms with van der Waals surface area (Å²) in [6, 6.07) is 12.6. The Morgan fingerprint density at radius 2 is 1.47 bits per heavy atom. The zero-order chi connectivity index (χ0) is 21.8. The molecule has 0 fully saturated rings. The second kappa shape index (κ2) is 12.5. The summed E-state index contributed by atoms with van der Waals surface area (Å²) in [5.74, 6) is 0.0536. The molecule has 30 heavy (non-hydrogen) atoms. The van der Waals surface area contributed by atoms with Gasteiger partial charge < -0.3 is 24.3 Å². The van der Waals surface area contributed by atoms with E-state index >= 15 is 0 Å². The van der Waals surface area contributed by atoms with Crippen LogP contribution in [0.5, 0.6) is 11.5 Å². The number of benzene rings is 2. The summed E-state index contributed by atoms with van der Waals surface area (Å²) in [4.78, 5) is 23.1. The molecule has 0 aliphatic carbocycles. The van der Waals surface area contributed by atoms with E-state index in [1.54, 1.807) is 24.3 Å². The molecule has 0 aliphatic rings. The van der Waals surface area contributed by atoms with Gasteiger partial charge in [-0.3, -0.25) is 0 Å². The van der Waals surface area contributed by atoms with E-state index in [0.717, 1.165) is 31.8 Å². The van der Waals surface area contributed by atoms with Crippen molar-refractivity contribution >= 4 is 24.5 Å². The van der Waals surface area contributed by atoms with Crippen LogP contribution in [-0.2, 0) is 9.53 Å². The summed E-state index contributed by atoms with van der Waals surface area (Å²) in [5, 5.41) is 18.1. The molecule has 2 aromatic rings. The van der Waals surface area contributed by atoms with Gasteiger partial charge in [-0.1, -0.05) is 18.7 Å². The number of hydrogen-bond donors (Lipinski definition) is 2. The molecule has 0 unspecified atom stereocenters. The first-order valence-electron chi connectivity index (χ1n) is 9.70. The summed E-state index contributed by atoms with van der Waals surface area (Å²) < 4.78 is 15.8. The van der Waals surface area contributed by atoms with Gasteiger partial charge in [0.1, 0.15) is 11.5 Å². The quantitative estimate of drug-likeness (QED) is 0.181. The number of hydrogen-bond acceptors (Lipinski definition) is 7. The molecule has 0 spiro atoms. The minimum Gasteiger partial charge on any atom is -0.494 e. The fourth-order valence-corrected chi connectivity index (χ4v) is 2.54. The van der Waals surface area contributed by atoms with E-state index in [2.05, 4.69) is 6.58 Å². The molecular weight excluding hydrogens is 387 g/mol. The molecule has 0 atom stereocenters. The van der Waals surface area contributed by atoms with Gasteiger partial charge in [0.25, 0.3) is 0 Å². The molecule has 158 valence electrons. The average Bonchev–Trinajstić information content (AvgIpc) is 2.76. The van der Waals surface area contributed by atoms with Gasteiger partial charge in [0.05, 0.1) is 18.8 Å². The van der Waals surface area contributed by atoms with Gasteiger partial charge in [-0.05, 0) is 67.5 Å². The highest BCUT2D eigenvalue weighted by Crippen LogP contribution is 2.16. The third-order valence-electron chi connectivity index (χ3n) is 4.20. The Labute approximate surface area is 176 Å². The third-order valence-corrected chi connectivity index (χ3v) is 4.20. The Morgan fingerprint density at radius 1 is 0.867 bits per heavy atom. The minimum absolute atomic E-state index is 0.309. The topological polar surface area (TPSA) is 102 Å². The summed E-state index contributed by atoms with van der Waals surface area (Å²) >= 11 is 0. The first-order chi connectivity index (χ1) is 14.5. The summed E-state index contributed by atoms with van der Waals surface area (Å²) in [6.45, 7) is 4.29. The first-order valence-corrected chi connectivity index (χ1v) is 9.70. The van der Waals surface area contributed by atoms with E-state index in [0.29, 0.717) is 35.7 Å². The number of carbonyl (C=O) groups excluding carboxylic acids is 2. The van der Waals surface area contributed by atoms with Crippen molar-refractivity contribution in [2.75, 3.05) is 13.2 Å². The van der Waals surface area contributed by atoms with Crippen LogP contribution in [0.2, 0.25) is 0 Å². The molecule has 0 bridgehead atoms. The van der Waals surface area contributed by atoms with Crippen LogP contribution >= 0.6 is 0 Å². The number of esters is 2. The van der Waals surface area contributed by atoms with Crippen molar-refractivity contribution in [2.45, 2.75) is 25.7 Å². The predicted octanol–water partition coefficient (Wildman–Crippen LogP) is 2.25. The first kappa shape index (κ1) is 23.2. The Morgan fingerprint density at radius 3 is 2.07 bits per heavy atom. The van der Waals surface area contributed by atoms with Crippen molar-refractivity contribution in [2.24, 2.45) is 0 Å². The fourth-order valence-electron chi connectivity index (χ4n) is 2.54. The maximum absolute atomic E-state index is 12.2. The zero-order valence-electron chi connectivity index (χ0n) is 16.7. The lowest BCUT2D eigenvalue weighted by molar-refractivity contribution is -0.137. The van der Waals surface area contributed by atoms with E-state index in [9.17, 15) is 9.59 Å². The van der Waals surface area contributed by atoms with Gasteiger partial charge in [0.2, 0.25) is 0 Å². The lowest BCUT2D eigenvalue weighted by Gasteiger charge is -2.08. The Bertz CT molecular complexity index is 816. The normalized spacial score (nSPS) is 10.2. The number of carbonyl (C=O) groups is 2. The van der Waals surface area contributed by atoms with Gasteiger partial charge in [0, 0.05) is 6.08 Å². The maximum atomic E-state index is 12.2. The van der Waals surface area contributed by atoms with Gasteiger partial charge in [-0.15, -0.1) is 0 Å². The van der Waals surface area contributed by atoms with Gasteiger partial charge >= 0.3 is 19.1 Å². The molecular formula is C22H25BO7. The molecule has 8 heteroatoms. The summed E-state index contributed by atoms with van der Waals surface area (Å²) in [7, 11) is -1.57. The molecule has 0 saturated heterocycles. The van der Waals surface area contributed by atoms with Crippen LogP contribution in [0, 0.1) is 0 Å². The highest BCUT2D eigenvalue weighted by Gasteiger charge is 2.12. The Kier molecular flexibility index (Phi) is 9.63. The molecule has 0 amide bonds. The Hall–Kier alpha value is -3.10. The van der Waals surface area contributed by atoms with E-state index in [-0.39, 0.29) is 0 Å². The summed E-state index contributed by atoms with van der Waals surface area (Å²) in [5.41, 5.74) is 0.690. The highest BCUT2D eigenvalue weighted by molar-refractivity contribution is 6.58. The van der Waals surface area contributed by atoms with E-state index < -0.39 is 19.1 Å². The van der Waals surface area contributed by atoms with Crippen LogP contribution < -0.4 is 14.9 Å². The van der Waals surface area contributed by atoms with Gasteiger partial charge in [-0.25, -0.2) is 9.59 Å².